The molecule has 1 aromatic rings. The smallest absolute Gasteiger partial charge is 0.222 e. The Morgan fingerprint density at radius 2 is 2.12 bits per heavy atom. The summed E-state index contributed by atoms with van der Waals surface area (Å²) in [5.41, 5.74) is 1.10. The van der Waals surface area contributed by atoms with Gasteiger partial charge in [-0.05, 0) is 24.1 Å². The minimum absolute atomic E-state index is 0. The highest BCUT2D eigenvalue weighted by Gasteiger charge is 2.25. The zero-order valence-electron chi connectivity index (χ0n) is 15.3. The molecule has 1 amide bonds. The number of ether oxygens (including phenoxy) is 1. The van der Waals surface area contributed by atoms with E-state index in [-0.39, 0.29) is 35.9 Å². The molecule has 0 aliphatic carbocycles. The van der Waals surface area contributed by atoms with Crippen LogP contribution in [-0.4, -0.2) is 56.1 Å². The summed E-state index contributed by atoms with van der Waals surface area (Å²) in [6.07, 6.45) is 1.50. The molecule has 8 heteroatoms. The van der Waals surface area contributed by atoms with Gasteiger partial charge in [-0.3, -0.25) is 9.79 Å². The number of rotatable bonds is 7. The SMILES string of the molecule is CCC(=O)N1CCC(NC(=NC)NCCOCc2ccc(Cl)cc2)C1.I. The van der Waals surface area contributed by atoms with Crippen molar-refractivity contribution in [3.8, 4) is 0 Å². The third-order valence-corrected chi connectivity index (χ3v) is 4.38. The van der Waals surface area contributed by atoms with Crippen LogP contribution in [0.2, 0.25) is 5.02 Å². The molecule has 2 N–H and O–H groups in total. The maximum Gasteiger partial charge on any atom is 0.222 e. The van der Waals surface area contributed by atoms with Crippen molar-refractivity contribution in [2.24, 2.45) is 4.99 Å². The monoisotopic (exact) mass is 494 g/mol. The molecular weight excluding hydrogens is 467 g/mol. The molecule has 0 spiro atoms. The summed E-state index contributed by atoms with van der Waals surface area (Å²) in [6, 6.07) is 7.88. The number of carbonyl (C=O) groups is 1. The Bertz CT molecular complexity index is 583. The van der Waals surface area contributed by atoms with E-state index in [1.54, 1.807) is 7.05 Å². The first-order valence-corrected chi connectivity index (χ1v) is 9.07. The molecule has 1 fully saturated rings. The number of guanidine groups is 1. The van der Waals surface area contributed by atoms with E-state index in [0.717, 1.165) is 36.1 Å². The van der Waals surface area contributed by atoms with E-state index in [9.17, 15) is 4.79 Å². The van der Waals surface area contributed by atoms with Crippen molar-refractivity contribution in [3.05, 3.63) is 34.9 Å². The second kappa shape index (κ2) is 12.3. The molecule has 1 saturated heterocycles. The maximum absolute atomic E-state index is 11.7. The Hall–Kier alpha value is -1.06. The van der Waals surface area contributed by atoms with Crippen LogP contribution in [0, 0.1) is 0 Å². The van der Waals surface area contributed by atoms with E-state index in [2.05, 4.69) is 15.6 Å². The fraction of sp³-hybridized carbons (Fsp3) is 0.556. The van der Waals surface area contributed by atoms with Crippen LogP contribution in [0.3, 0.4) is 0 Å². The van der Waals surface area contributed by atoms with Crippen molar-refractivity contribution in [3.63, 3.8) is 0 Å². The number of nitrogens with zero attached hydrogens (tertiary/aromatic N) is 2. The molecule has 0 aromatic heterocycles. The maximum atomic E-state index is 11.7. The predicted molar refractivity (Wildman–Crippen MR) is 116 cm³/mol. The number of aliphatic imine (C=N–C) groups is 1. The number of nitrogens with one attached hydrogen (secondary N) is 2. The van der Waals surface area contributed by atoms with E-state index in [0.29, 0.717) is 26.2 Å². The largest absolute Gasteiger partial charge is 0.375 e. The number of benzene rings is 1. The van der Waals surface area contributed by atoms with Gasteiger partial charge in [-0.2, -0.15) is 0 Å². The summed E-state index contributed by atoms with van der Waals surface area (Å²) in [5, 5.41) is 7.33. The Balaban J connectivity index is 0.00000338. The average molecular weight is 495 g/mol. The summed E-state index contributed by atoms with van der Waals surface area (Å²) in [5.74, 6) is 0.953. The van der Waals surface area contributed by atoms with E-state index in [4.69, 9.17) is 16.3 Å². The van der Waals surface area contributed by atoms with Crippen LogP contribution in [0.15, 0.2) is 29.3 Å². The highest BCUT2D eigenvalue weighted by Crippen LogP contribution is 2.11. The lowest BCUT2D eigenvalue weighted by atomic mass is 10.2. The number of likely N-dealkylation sites (tertiary alicyclic amines) is 1. The van der Waals surface area contributed by atoms with Crippen LogP contribution in [0.25, 0.3) is 0 Å². The van der Waals surface area contributed by atoms with Crippen LogP contribution in [0.4, 0.5) is 0 Å². The van der Waals surface area contributed by atoms with E-state index >= 15 is 0 Å². The fourth-order valence-corrected chi connectivity index (χ4v) is 2.85. The molecule has 1 atom stereocenters. The van der Waals surface area contributed by atoms with Crippen molar-refractivity contribution in [2.75, 3.05) is 33.3 Å². The summed E-state index contributed by atoms with van der Waals surface area (Å²) in [6.45, 7) is 5.24. The van der Waals surface area contributed by atoms with E-state index in [1.807, 2.05) is 36.1 Å². The second-order valence-electron chi connectivity index (χ2n) is 6.00. The van der Waals surface area contributed by atoms with Gasteiger partial charge < -0.3 is 20.3 Å². The van der Waals surface area contributed by atoms with Gasteiger partial charge in [-0.15, -0.1) is 24.0 Å². The number of halogens is 2. The highest BCUT2D eigenvalue weighted by molar-refractivity contribution is 14.0. The van der Waals surface area contributed by atoms with Gasteiger partial charge in [-0.1, -0.05) is 30.7 Å². The lowest BCUT2D eigenvalue weighted by Crippen LogP contribution is -2.45. The molecule has 1 aliphatic heterocycles. The van der Waals surface area contributed by atoms with Gasteiger partial charge in [0.25, 0.3) is 0 Å². The van der Waals surface area contributed by atoms with Crippen LogP contribution < -0.4 is 10.6 Å². The zero-order valence-corrected chi connectivity index (χ0v) is 18.4. The molecule has 0 bridgehead atoms. The number of carbonyl (C=O) groups excluding carboxylic acids is 1. The summed E-state index contributed by atoms with van der Waals surface area (Å²) in [4.78, 5) is 17.9. The molecule has 1 unspecified atom stereocenters. The van der Waals surface area contributed by atoms with Crippen molar-refractivity contribution in [1.29, 1.82) is 0 Å². The molecule has 0 saturated carbocycles. The van der Waals surface area contributed by atoms with Gasteiger partial charge in [0.05, 0.1) is 13.2 Å². The van der Waals surface area contributed by atoms with Gasteiger partial charge in [0.1, 0.15) is 0 Å². The van der Waals surface area contributed by atoms with Crippen molar-refractivity contribution >= 4 is 47.4 Å². The molecule has 0 radical (unpaired) electrons. The lowest BCUT2D eigenvalue weighted by Gasteiger charge is -2.18. The Morgan fingerprint density at radius 3 is 2.77 bits per heavy atom. The van der Waals surface area contributed by atoms with Crippen LogP contribution in [0.1, 0.15) is 25.3 Å². The van der Waals surface area contributed by atoms with Crippen molar-refractivity contribution in [1.82, 2.24) is 15.5 Å². The normalized spacial score (nSPS) is 17.0. The fourth-order valence-electron chi connectivity index (χ4n) is 2.73. The molecule has 146 valence electrons. The van der Waals surface area contributed by atoms with Gasteiger partial charge >= 0.3 is 0 Å². The van der Waals surface area contributed by atoms with E-state index < -0.39 is 0 Å². The van der Waals surface area contributed by atoms with Crippen LogP contribution >= 0.6 is 35.6 Å². The Kier molecular flexibility index (Phi) is 10.9. The Labute approximate surface area is 177 Å². The zero-order chi connectivity index (χ0) is 18.1. The minimum atomic E-state index is 0. The number of hydrogen-bond donors (Lipinski definition) is 2. The van der Waals surface area contributed by atoms with Gasteiger partial charge in [0.2, 0.25) is 5.91 Å². The first kappa shape index (κ1) is 23.0. The summed E-state index contributed by atoms with van der Waals surface area (Å²) < 4.78 is 5.65. The standard InChI is InChI=1S/C18H27ClN4O2.HI/c1-3-17(24)23-10-8-16(12-23)22-18(20-2)21-9-11-25-13-14-4-6-15(19)7-5-14;/h4-7,16H,3,8-13H2,1-2H3,(H2,20,21,22);1H. The number of hydrogen-bond acceptors (Lipinski definition) is 3. The molecule has 2 rings (SSSR count). The summed E-state index contributed by atoms with van der Waals surface area (Å²) in [7, 11) is 1.74. The third kappa shape index (κ3) is 7.67. The van der Waals surface area contributed by atoms with Gasteiger partial charge in [-0.25, -0.2) is 0 Å². The molecule has 1 aliphatic rings. The molecule has 1 heterocycles. The van der Waals surface area contributed by atoms with Crippen LogP contribution in [0.5, 0.6) is 0 Å². The quantitative estimate of drug-likeness (QED) is 0.265. The minimum Gasteiger partial charge on any atom is -0.375 e. The summed E-state index contributed by atoms with van der Waals surface area (Å²) >= 11 is 5.86. The predicted octanol–water partition coefficient (Wildman–Crippen LogP) is 2.65. The lowest BCUT2D eigenvalue weighted by molar-refractivity contribution is -0.129. The van der Waals surface area contributed by atoms with Crippen molar-refractivity contribution in [2.45, 2.75) is 32.4 Å². The third-order valence-electron chi connectivity index (χ3n) is 4.13. The van der Waals surface area contributed by atoms with Crippen LogP contribution in [-0.2, 0) is 16.1 Å². The van der Waals surface area contributed by atoms with Crippen molar-refractivity contribution < 1.29 is 9.53 Å². The first-order chi connectivity index (χ1) is 12.1. The van der Waals surface area contributed by atoms with E-state index in [1.165, 1.54) is 0 Å². The average Bonchev–Trinajstić information content (AvgIpc) is 3.10. The highest BCUT2D eigenvalue weighted by atomic mass is 127. The first-order valence-electron chi connectivity index (χ1n) is 8.69. The second-order valence-corrected chi connectivity index (χ2v) is 6.44. The molecule has 26 heavy (non-hydrogen) atoms. The number of amides is 1. The molecule has 6 nitrogen and oxygen atoms in total. The molecular formula is C18H28ClIN4O2. The van der Waals surface area contributed by atoms with Gasteiger partial charge in [0.15, 0.2) is 5.96 Å². The van der Waals surface area contributed by atoms with Gasteiger partial charge in [0, 0.05) is 44.2 Å². The Morgan fingerprint density at radius 1 is 1.38 bits per heavy atom. The molecule has 1 aromatic carbocycles. The topological polar surface area (TPSA) is 66.0 Å².